The van der Waals surface area contributed by atoms with Gasteiger partial charge in [0.05, 0.1) is 16.6 Å². The Balaban J connectivity index is 2.90. The number of nitrogens with zero attached hydrogens (tertiary/aromatic N) is 3. The third-order valence-electron chi connectivity index (χ3n) is 2.30. The number of hydrogen-bond donors (Lipinski definition) is 1. The fraction of sp³-hybridized carbons (Fsp3) is 0.545. The number of carbonyl (C=O) groups is 1. The Labute approximate surface area is 119 Å². The average Bonchev–Trinajstić information content (AvgIpc) is 2.70. The Kier molecular flexibility index (Phi) is 5.72. The fourth-order valence-corrected chi connectivity index (χ4v) is 2.75. The first kappa shape index (κ1) is 15.1. The molecule has 0 aromatic carbocycles. The summed E-state index contributed by atoms with van der Waals surface area (Å²) >= 11 is 4.53. The summed E-state index contributed by atoms with van der Waals surface area (Å²) in [6.07, 6.45) is 0.586. The summed E-state index contributed by atoms with van der Waals surface area (Å²) in [6, 6.07) is 1.36. The van der Waals surface area contributed by atoms with Crippen LogP contribution in [0, 0.1) is 17.2 Å². The molecule has 0 saturated carbocycles. The minimum atomic E-state index is -0.605. The van der Waals surface area contributed by atoms with Crippen LogP contribution in [0.25, 0.3) is 0 Å². The summed E-state index contributed by atoms with van der Waals surface area (Å²) in [4.78, 5) is 13.5. The second-order valence-corrected chi connectivity index (χ2v) is 5.79. The zero-order valence-electron chi connectivity index (χ0n) is 10.3. The van der Waals surface area contributed by atoms with Gasteiger partial charge >= 0.3 is 0 Å². The van der Waals surface area contributed by atoms with Crippen LogP contribution in [-0.4, -0.2) is 22.9 Å². The molecule has 0 aliphatic heterocycles. The molecule has 0 aliphatic carbocycles. The molecular weight excluding hydrogens is 316 g/mol. The van der Waals surface area contributed by atoms with E-state index in [1.165, 1.54) is 16.4 Å². The molecule has 0 aliphatic rings. The maximum Gasteiger partial charge on any atom is 0.246 e. The lowest BCUT2D eigenvalue weighted by atomic mass is 10.0. The van der Waals surface area contributed by atoms with Crippen LogP contribution >= 0.6 is 27.5 Å². The number of halogens is 1. The van der Waals surface area contributed by atoms with Crippen LogP contribution in [0.5, 0.6) is 0 Å². The molecule has 0 unspecified atom stereocenters. The Hall–Kier alpha value is -0.970. The van der Waals surface area contributed by atoms with Gasteiger partial charge < -0.3 is 5.73 Å². The molecule has 0 radical (unpaired) electrons. The second kappa shape index (κ2) is 6.83. The van der Waals surface area contributed by atoms with E-state index in [9.17, 15) is 4.79 Å². The molecule has 7 heteroatoms. The molecule has 5 nitrogen and oxygen atoms in total. The first-order valence-electron chi connectivity index (χ1n) is 5.51. The zero-order chi connectivity index (χ0) is 13.7. The molecule has 1 heterocycles. The van der Waals surface area contributed by atoms with E-state index in [-0.39, 0.29) is 12.5 Å². The number of nitrogens with two attached hydrogens (primary N) is 1. The van der Waals surface area contributed by atoms with Crippen LogP contribution in [0.1, 0.15) is 20.3 Å². The van der Waals surface area contributed by atoms with Crippen LogP contribution in [0.4, 0.5) is 5.82 Å². The number of rotatable bonds is 5. The Bertz CT molecular complexity index is 454. The molecule has 18 heavy (non-hydrogen) atoms. The number of hydrogen-bond acceptors (Lipinski definition) is 5. The molecule has 0 spiro atoms. The van der Waals surface area contributed by atoms with Crippen molar-refractivity contribution in [2.24, 2.45) is 11.7 Å². The SMILES string of the molecule is CC(C)C[C@H](N)C(=O)N(CC#N)c1nscc1Br. The second-order valence-electron chi connectivity index (χ2n) is 4.30. The number of anilines is 1. The van der Waals surface area contributed by atoms with Crippen LogP contribution in [0.2, 0.25) is 0 Å². The molecule has 0 fully saturated rings. The van der Waals surface area contributed by atoms with E-state index >= 15 is 0 Å². The van der Waals surface area contributed by atoms with Gasteiger partial charge in [-0.2, -0.15) is 9.64 Å². The average molecular weight is 331 g/mol. The molecule has 1 atom stereocenters. The predicted octanol–water partition coefficient (Wildman–Crippen LogP) is 2.14. The van der Waals surface area contributed by atoms with E-state index in [4.69, 9.17) is 11.0 Å². The van der Waals surface area contributed by atoms with Crippen LogP contribution in [0.15, 0.2) is 9.85 Å². The quantitative estimate of drug-likeness (QED) is 0.838. The molecule has 2 N–H and O–H groups in total. The highest BCUT2D eigenvalue weighted by molar-refractivity contribution is 9.10. The monoisotopic (exact) mass is 330 g/mol. The standard InChI is InChI=1S/C11H15BrN4OS/c1-7(2)5-9(14)11(17)16(4-3-13)10-8(12)6-18-15-10/h6-7,9H,4-5,14H2,1-2H3/t9-/m0/s1. The van der Waals surface area contributed by atoms with E-state index in [0.717, 1.165) is 0 Å². The van der Waals surface area contributed by atoms with Crippen molar-refractivity contribution in [3.05, 3.63) is 9.85 Å². The number of carbonyl (C=O) groups excluding carboxylic acids is 1. The highest BCUT2D eigenvalue weighted by Gasteiger charge is 2.25. The van der Waals surface area contributed by atoms with Gasteiger partial charge in [0.25, 0.3) is 0 Å². The first-order valence-corrected chi connectivity index (χ1v) is 7.14. The van der Waals surface area contributed by atoms with Crippen molar-refractivity contribution in [3.63, 3.8) is 0 Å². The summed E-state index contributed by atoms with van der Waals surface area (Å²) in [5.74, 6) is 0.523. The summed E-state index contributed by atoms with van der Waals surface area (Å²) in [5.41, 5.74) is 5.87. The number of amides is 1. The highest BCUT2D eigenvalue weighted by Crippen LogP contribution is 2.27. The van der Waals surface area contributed by atoms with Gasteiger partial charge in [0.15, 0.2) is 5.82 Å². The smallest absolute Gasteiger partial charge is 0.246 e. The van der Waals surface area contributed by atoms with Crippen LogP contribution in [-0.2, 0) is 4.79 Å². The molecular formula is C11H15BrN4OS. The lowest BCUT2D eigenvalue weighted by Crippen LogP contribution is -2.45. The highest BCUT2D eigenvalue weighted by atomic mass is 79.9. The first-order chi connectivity index (χ1) is 8.47. The van der Waals surface area contributed by atoms with E-state index in [1.54, 1.807) is 5.38 Å². The van der Waals surface area contributed by atoms with Gasteiger partial charge in [0, 0.05) is 5.38 Å². The van der Waals surface area contributed by atoms with E-state index in [1.807, 2.05) is 19.9 Å². The van der Waals surface area contributed by atoms with Gasteiger partial charge in [-0.1, -0.05) is 13.8 Å². The lowest BCUT2D eigenvalue weighted by molar-refractivity contribution is -0.120. The molecule has 1 aromatic rings. The minimum absolute atomic E-state index is 0.0486. The molecule has 1 amide bonds. The van der Waals surface area contributed by atoms with Crippen molar-refractivity contribution < 1.29 is 4.79 Å². The van der Waals surface area contributed by atoms with E-state index in [2.05, 4.69) is 20.3 Å². The maximum absolute atomic E-state index is 12.2. The van der Waals surface area contributed by atoms with Crippen molar-refractivity contribution in [3.8, 4) is 6.07 Å². The normalized spacial score (nSPS) is 12.2. The number of nitriles is 1. The fourth-order valence-electron chi connectivity index (χ4n) is 1.53. The topological polar surface area (TPSA) is 83.0 Å². The maximum atomic E-state index is 12.2. The third-order valence-corrected chi connectivity index (χ3v) is 3.81. The van der Waals surface area contributed by atoms with Crippen LogP contribution < -0.4 is 10.6 Å². The molecule has 0 bridgehead atoms. The van der Waals surface area contributed by atoms with E-state index in [0.29, 0.717) is 22.6 Å². The molecule has 1 aromatic heterocycles. The summed E-state index contributed by atoms with van der Waals surface area (Å²) < 4.78 is 4.81. The van der Waals surface area contributed by atoms with Crippen molar-refractivity contribution in [2.45, 2.75) is 26.3 Å². The van der Waals surface area contributed by atoms with Gasteiger partial charge in [-0.3, -0.25) is 9.69 Å². The predicted molar refractivity (Wildman–Crippen MR) is 75.2 cm³/mol. The van der Waals surface area contributed by atoms with Crippen LogP contribution in [0.3, 0.4) is 0 Å². The summed E-state index contributed by atoms with van der Waals surface area (Å²) in [5, 5.41) is 10.6. The molecule has 0 saturated heterocycles. The van der Waals surface area contributed by atoms with Crippen molar-refractivity contribution in [1.29, 1.82) is 5.26 Å². The van der Waals surface area contributed by atoms with Gasteiger partial charge in [-0.15, -0.1) is 0 Å². The zero-order valence-corrected chi connectivity index (χ0v) is 12.7. The molecule has 1 rings (SSSR count). The third kappa shape index (κ3) is 3.77. The Morgan fingerprint density at radius 1 is 1.72 bits per heavy atom. The van der Waals surface area contributed by atoms with Gasteiger partial charge in [0.1, 0.15) is 6.54 Å². The minimum Gasteiger partial charge on any atom is -0.320 e. The lowest BCUT2D eigenvalue weighted by Gasteiger charge is -2.22. The molecule has 98 valence electrons. The van der Waals surface area contributed by atoms with Gasteiger partial charge in [-0.05, 0) is 39.8 Å². The van der Waals surface area contributed by atoms with Crippen molar-refractivity contribution in [1.82, 2.24) is 4.37 Å². The summed E-state index contributed by atoms with van der Waals surface area (Å²) in [6.45, 7) is 3.95. The summed E-state index contributed by atoms with van der Waals surface area (Å²) in [7, 11) is 0. The van der Waals surface area contributed by atoms with Crippen molar-refractivity contribution in [2.75, 3.05) is 11.4 Å². The Morgan fingerprint density at radius 3 is 2.83 bits per heavy atom. The van der Waals surface area contributed by atoms with Gasteiger partial charge in [-0.25, -0.2) is 0 Å². The van der Waals surface area contributed by atoms with Crippen molar-refractivity contribution >= 4 is 39.2 Å². The number of aromatic nitrogens is 1. The van der Waals surface area contributed by atoms with Gasteiger partial charge in [0.2, 0.25) is 5.91 Å². The largest absolute Gasteiger partial charge is 0.320 e. The van der Waals surface area contributed by atoms with E-state index < -0.39 is 6.04 Å². The Morgan fingerprint density at radius 2 is 2.39 bits per heavy atom.